The highest BCUT2D eigenvalue weighted by Gasteiger charge is 2.44. The van der Waals surface area contributed by atoms with Crippen LogP contribution in [-0.4, -0.2) is 110 Å². The van der Waals surface area contributed by atoms with Gasteiger partial charge in [-0.1, -0.05) is 359 Å². The number of aliphatic hydroxyl groups is 7. The average Bonchev–Trinajstić information content (AvgIpc) is 1.72. The average molecular weight is 1260 g/mol. The minimum Gasteiger partial charge on any atom is -0.394 e. The third kappa shape index (κ3) is 53.3. The number of carbonyl (C=O) groups excluding carboxylic acids is 1. The van der Waals surface area contributed by atoms with E-state index in [1.165, 1.54) is 295 Å². The molecule has 9 unspecified atom stereocenters. The Morgan fingerprint density at radius 3 is 1.00 bits per heavy atom. The van der Waals surface area contributed by atoms with Crippen LogP contribution in [0.4, 0.5) is 0 Å². The van der Waals surface area contributed by atoms with Crippen LogP contribution < -0.4 is 5.32 Å². The molecule has 1 saturated heterocycles. The van der Waals surface area contributed by atoms with Crippen molar-refractivity contribution < 1.29 is 50.0 Å². The smallest absolute Gasteiger partial charge is 0.249 e. The van der Waals surface area contributed by atoms with Crippen molar-refractivity contribution in [2.75, 3.05) is 13.2 Å². The minimum atomic E-state index is -1.67. The summed E-state index contributed by atoms with van der Waals surface area (Å²) >= 11 is 0. The summed E-state index contributed by atoms with van der Waals surface area (Å²) < 4.78 is 11.2. The summed E-state index contributed by atoms with van der Waals surface area (Å²) in [6.07, 6.45) is 75.5. The fourth-order valence-electron chi connectivity index (χ4n) is 12.7. The number of ether oxygens (including phenoxy) is 2. The van der Waals surface area contributed by atoms with Gasteiger partial charge in [0.1, 0.15) is 36.6 Å². The topological polar surface area (TPSA) is 189 Å². The molecule has 89 heavy (non-hydrogen) atoms. The molecule has 1 fully saturated rings. The Morgan fingerprint density at radius 2 is 0.674 bits per heavy atom. The molecule has 0 aliphatic carbocycles. The molecule has 0 spiro atoms. The van der Waals surface area contributed by atoms with Gasteiger partial charge < -0.3 is 50.5 Å². The maximum Gasteiger partial charge on any atom is 0.249 e. The molecule has 1 amide bonds. The van der Waals surface area contributed by atoms with Crippen LogP contribution in [-0.2, 0) is 14.3 Å². The molecule has 0 radical (unpaired) electrons. The standard InChI is InChI=1S/C78H149NO10/c1-3-5-7-9-11-13-15-17-19-21-23-25-27-29-31-32-33-34-35-36-37-38-39-40-42-44-46-48-50-52-54-56-58-60-62-64-66-71(82)77(87)79-69(68-88-78-76(86)75(85)74(84)72(67-80)89-78)73(83)70(81)65-63-61-59-57-55-53-51-49-47-45-43-41-30-28-26-24-22-20-18-16-14-12-10-8-6-4-2/h41,43,49,51,57,59,69-76,78,80-86H,3-40,42,44-48,50,52-56,58,60-68H2,1-2H3,(H,79,87)/b43-41+,51-49+,59-57+. The van der Waals surface area contributed by atoms with Gasteiger partial charge in [0.15, 0.2) is 6.29 Å². The number of rotatable bonds is 69. The van der Waals surface area contributed by atoms with E-state index >= 15 is 0 Å². The molecule has 0 aromatic rings. The van der Waals surface area contributed by atoms with E-state index < -0.39 is 74.2 Å². The number of unbranched alkanes of at least 4 members (excludes halogenated alkanes) is 51. The molecule has 1 heterocycles. The first kappa shape index (κ1) is 85.3. The maximum atomic E-state index is 13.3. The first-order chi connectivity index (χ1) is 43.7. The summed E-state index contributed by atoms with van der Waals surface area (Å²) in [7, 11) is 0. The van der Waals surface area contributed by atoms with Crippen molar-refractivity contribution in [1.29, 1.82) is 0 Å². The van der Waals surface area contributed by atoms with Crippen molar-refractivity contribution >= 4 is 5.91 Å². The molecule has 0 saturated carbocycles. The lowest BCUT2D eigenvalue weighted by Gasteiger charge is -2.40. The van der Waals surface area contributed by atoms with Crippen molar-refractivity contribution in [2.45, 2.75) is 441 Å². The van der Waals surface area contributed by atoms with Gasteiger partial charge in [0.2, 0.25) is 5.91 Å². The fraction of sp³-hybridized carbons (Fsp3) is 0.910. The molecular weight excluding hydrogens is 1110 g/mol. The minimum absolute atomic E-state index is 0.243. The van der Waals surface area contributed by atoms with Crippen LogP contribution in [0.15, 0.2) is 36.5 Å². The summed E-state index contributed by atoms with van der Waals surface area (Å²) in [6.45, 7) is 3.50. The Bertz CT molecular complexity index is 1540. The van der Waals surface area contributed by atoms with Crippen LogP contribution in [0.3, 0.4) is 0 Å². The number of carbonyl (C=O) groups is 1. The summed E-state index contributed by atoms with van der Waals surface area (Å²) in [5.41, 5.74) is 0. The molecular formula is C78H149NO10. The maximum absolute atomic E-state index is 13.3. The van der Waals surface area contributed by atoms with E-state index in [0.717, 1.165) is 44.9 Å². The lowest BCUT2D eigenvalue weighted by molar-refractivity contribution is -0.303. The Labute approximate surface area is 549 Å². The van der Waals surface area contributed by atoms with Crippen LogP contribution in [0.2, 0.25) is 0 Å². The summed E-state index contributed by atoms with van der Waals surface area (Å²) in [4.78, 5) is 13.3. The SMILES string of the molecule is CCCCCCCCCCCCCCC/C=C/CC/C=C/CC/C=C/CCCC(O)C(O)C(COC1OC(CO)C(O)C(O)C1O)NC(=O)C(O)CCCCCCCCCCCCCCCCCCCCCCCCCCCCCCCCCCCCCC. The summed E-state index contributed by atoms with van der Waals surface area (Å²) in [5.74, 6) is -0.705. The molecule has 11 heteroatoms. The number of aliphatic hydroxyl groups excluding tert-OH is 7. The zero-order chi connectivity index (χ0) is 64.6. The number of hydrogen-bond donors (Lipinski definition) is 8. The van der Waals surface area contributed by atoms with Crippen LogP contribution in [0.25, 0.3) is 0 Å². The van der Waals surface area contributed by atoms with E-state index in [0.29, 0.717) is 19.3 Å². The van der Waals surface area contributed by atoms with Crippen molar-refractivity contribution in [1.82, 2.24) is 5.32 Å². The Balaban J connectivity index is 2.15. The molecule has 8 N–H and O–H groups in total. The van der Waals surface area contributed by atoms with Crippen molar-refractivity contribution in [2.24, 2.45) is 0 Å². The Kier molecular flexibility index (Phi) is 63.6. The van der Waals surface area contributed by atoms with Crippen LogP contribution in [0.1, 0.15) is 386 Å². The summed E-state index contributed by atoms with van der Waals surface area (Å²) in [6, 6.07) is -1.20. The molecule has 526 valence electrons. The van der Waals surface area contributed by atoms with Crippen molar-refractivity contribution in [3.8, 4) is 0 Å². The van der Waals surface area contributed by atoms with Gasteiger partial charge in [-0.15, -0.1) is 0 Å². The second kappa shape index (κ2) is 66.4. The molecule has 0 aromatic carbocycles. The van der Waals surface area contributed by atoms with Gasteiger partial charge in [0.05, 0.1) is 25.4 Å². The second-order valence-corrected chi connectivity index (χ2v) is 27.4. The lowest BCUT2D eigenvalue weighted by Crippen LogP contribution is -2.60. The first-order valence-electron chi connectivity index (χ1n) is 38.9. The predicted molar refractivity (Wildman–Crippen MR) is 376 cm³/mol. The van der Waals surface area contributed by atoms with E-state index in [-0.39, 0.29) is 12.8 Å². The monoisotopic (exact) mass is 1260 g/mol. The third-order valence-corrected chi connectivity index (χ3v) is 18.9. The van der Waals surface area contributed by atoms with Crippen LogP contribution in [0, 0.1) is 0 Å². The number of allylic oxidation sites excluding steroid dienone is 6. The van der Waals surface area contributed by atoms with Gasteiger partial charge in [0, 0.05) is 0 Å². The van der Waals surface area contributed by atoms with Gasteiger partial charge in [-0.2, -0.15) is 0 Å². The van der Waals surface area contributed by atoms with E-state index in [1.807, 2.05) is 0 Å². The van der Waals surface area contributed by atoms with E-state index in [2.05, 4.69) is 55.6 Å². The molecule has 9 atom stereocenters. The number of nitrogens with one attached hydrogen (secondary N) is 1. The highest BCUT2D eigenvalue weighted by molar-refractivity contribution is 5.80. The largest absolute Gasteiger partial charge is 0.394 e. The van der Waals surface area contributed by atoms with Crippen LogP contribution >= 0.6 is 0 Å². The van der Waals surface area contributed by atoms with Gasteiger partial charge in [-0.05, 0) is 64.2 Å². The zero-order valence-electron chi connectivity index (χ0n) is 58.4. The van der Waals surface area contributed by atoms with Crippen LogP contribution in [0.5, 0.6) is 0 Å². The van der Waals surface area contributed by atoms with E-state index in [1.54, 1.807) is 0 Å². The van der Waals surface area contributed by atoms with Gasteiger partial charge in [0.25, 0.3) is 0 Å². The summed E-state index contributed by atoms with van der Waals surface area (Å²) in [5, 5.41) is 76.6. The normalized spacial score (nSPS) is 18.7. The quantitative estimate of drug-likeness (QED) is 0.0215. The zero-order valence-corrected chi connectivity index (χ0v) is 58.4. The Hall–Kier alpha value is -1.67. The third-order valence-electron chi connectivity index (χ3n) is 18.9. The van der Waals surface area contributed by atoms with E-state index in [4.69, 9.17) is 9.47 Å². The predicted octanol–water partition coefficient (Wildman–Crippen LogP) is 19.7. The van der Waals surface area contributed by atoms with Crippen molar-refractivity contribution in [3.05, 3.63) is 36.5 Å². The fourth-order valence-corrected chi connectivity index (χ4v) is 12.7. The van der Waals surface area contributed by atoms with Gasteiger partial charge >= 0.3 is 0 Å². The molecule has 0 aromatic heterocycles. The van der Waals surface area contributed by atoms with E-state index in [9.17, 15) is 40.5 Å². The highest BCUT2D eigenvalue weighted by atomic mass is 16.7. The second-order valence-electron chi connectivity index (χ2n) is 27.4. The van der Waals surface area contributed by atoms with Crippen molar-refractivity contribution in [3.63, 3.8) is 0 Å². The molecule has 11 nitrogen and oxygen atoms in total. The molecule has 1 aliphatic heterocycles. The lowest BCUT2D eigenvalue weighted by atomic mass is 9.98. The number of hydrogen-bond acceptors (Lipinski definition) is 10. The van der Waals surface area contributed by atoms with Gasteiger partial charge in [-0.25, -0.2) is 0 Å². The number of amides is 1. The first-order valence-corrected chi connectivity index (χ1v) is 38.9. The van der Waals surface area contributed by atoms with Gasteiger partial charge in [-0.3, -0.25) is 4.79 Å². The molecule has 1 aliphatic rings. The Morgan fingerprint density at radius 1 is 0.382 bits per heavy atom. The molecule has 0 bridgehead atoms. The molecule has 1 rings (SSSR count). The highest BCUT2D eigenvalue weighted by Crippen LogP contribution is 2.24.